The van der Waals surface area contributed by atoms with Gasteiger partial charge in [-0.1, -0.05) is 6.07 Å². The topological polar surface area (TPSA) is 35.5 Å². The van der Waals surface area contributed by atoms with Crippen LogP contribution in [0.4, 0.5) is 0 Å². The Morgan fingerprint density at radius 1 is 1.69 bits per heavy atom. The van der Waals surface area contributed by atoms with E-state index in [0.29, 0.717) is 5.92 Å². The highest BCUT2D eigenvalue weighted by Crippen LogP contribution is 2.37. The number of esters is 1. The van der Waals surface area contributed by atoms with Gasteiger partial charge in [0.05, 0.1) is 25.7 Å². The standard InChI is InChI=1S/C12H16O3S/c1-12(11(13)14-2,6-9-7-15-8-9)10-4-3-5-16-10/h3-5,9H,6-8H2,1-2H3. The monoisotopic (exact) mass is 240 g/mol. The van der Waals surface area contributed by atoms with Crippen LogP contribution in [0.25, 0.3) is 0 Å². The molecule has 0 aromatic carbocycles. The number of carbonyl (C=O) groups is 1. The van der Waals surface area contributed by atoms with E-state index in [2.05, 4.69) is 0 Å². The second-order valence-electron chi connectivity index (χ2n) is 4.41. The molecule has 3 nitrogen and oxygen atoms in total. The van der Waals surface area contributed by atoms with Gasteiger partial charge in [-0.3, -0.25) is 4.79 Å². The Morgan fingerprint density at radius 2 is 2.44 bits per heavy atom. The minimum Gasteiger partial charge on any atom is -0.468 e. The van der Waals surface area contributed by atoms with Crippen LogP contribution in [0.1, 0.15) is 18.2 Å². The van der Waals surface area contributed by atoms with Crippen molar-refractivity contribution in [3.63, 3.8) is 0 Å². The van der Waals surface area contributed by atoms with Crippen LogP contribution in [0.3, 0.4) is 0 Å². The summed E-state index contributed by atoms with van der Waals surface area (Å²) >= 11 is 1.61. The molecule has 1 aliphatic heterocycles. The predicted octanol–water partition coefficient (Wildman–Crippen LogP) is 2.22. The van der Waals surface area contributed by atoms with Crippen LogP contribution >= 0.6 is 11.3 Å². The van der Waals surface area contributed by atoms with Crippen molar-refractivity contribution in [2.75, 3.05) is 20.3 Å². The van der Waals surface area contributed by atoms with E-state index in [1.165, 1.54) is 7.11 Å². The van der Waals surface area contributed by atoms with Gasteiger partial charge in [-0.2, -0.15) is 0 Å². The van der Waals surface area contributed by atoms with E-state index in [-0.39, 0.29) is 5.97 Å². The van der Waals surface area contributed by atoms with E-state index in [1.807, 2.05) is 24.4 Å². The molecule has 1 saturated heterocycles. The molecule has 0 saturated carbocycles. The first-order valence-electron chi connectivity index (χ1n) is 5.37. The third kappa shape index (κ3) is 1.99. The Hall–Kier alpha value is -0.870. The molecule has 0 amide bonds. The lowest BCUT2D eigenvalue weighted by Crippen LogP contribution is -2.40. The van der Waals surface area contributed by atoms with Crippen molar-refractivity contribution in [3.05, 3.63) is 22.4 Å². The Bertz CT molecular complexity index is 356. The van der Waals surface area contributed by atoms with E-state index in [4.69, 9.17) is 9.47 Å². The number of thiophene rings is 1. The van der Waals surface area contributed by atoms with Crippen molar-refractivity contribution in [3.8, 4) is 0 Å². The zero-order valence-corrected chi connectivity index (χ0v) is 10.4. The van der Waals surface area contributed by atoms with E-state index >= 15 is 0 Å². The van der Waals surface area contributed by atoms with Crippen molar-refractivity contribution in [1.82, 2.24) is 0 Å². The molecule has 1 aromatic rings. The van der Waals surface area contributed by atoms with Crippen LogP contribution in [0.15, 0.2) is 17.5 Å². The molecule has 1 aromatic heterocycles. The summed E-state index contributed by atoms with van der Waals surface area (Å²) in [6.45, 7) is 3.49. The number of ether oxygens (including phenoxy) is 2. The lowest BCUT2D eigenvalue weighted by Gasteiger charge is -2.34. The van der Waals surface area contributed by atoms with Gasteiger partial charge in [-0.15, -0.1) is 11.3 Å². The number of carbonyl (C=O) groups excluding carboxylic acids is 1. The molecule has 1 aliphatic rings. The van der Waals surface area contributed by atoms with Crippen LogP contribution < -0.4 is 0 Å². The second-order valence-corrected chi connectivity index (χ2v) is 5.36. The lowest BCUT2D eigenvalue weighted by atomic mass is 9.79. The molecule has 4 heteroatoms. The zero-order chi connectivity index (χ0) is 11.6. The van der Waals surface area contributed by atoms with E-state index in [9.17, 15) is 4.79 Å². The first kappa shape index (κ1) is 11.6. The van der Waals surface area contributed by atoms with E-state index in [1.54, 1.807) is 11.3 Å². The molecule has 1 fully saturated rings. The number of methoxy groups -OCH3 is 1. The normalized spacial score (nSPS) is 19.9. The largest absolute Gasteiger partial charge is 0.468 e. The van der Waals surface area contributed by atoms with Gasteiger partial charge in [0.15, 0.2) is 0 Å². The van der Waals surface area contributed by atoms with Gasteiger partial charge in [0.1, 0.15) is 0 Å². The van der Waals surface area contributed by atoms with E-state index < -0.39 is 5.41 Å². The maximum absolute atomic E-state index is 12.0. The Labute approximate surface area is 99.4 Å². The Kier molecular flexibility index (Phi) is 3.30. The highest BCUT2D eigenvalue weighted by molar-refractivity contribution is 7.10. The summed E-state index contributed by atoms with van der Waals surface area (Å²) in [4.78, 5) is 13.0. The predicted molar refractivity (Wildman–Crippen MR) is 62.6 cm³/mol. The molecule has 88 valence electrons. The molecule has 0 N–H and O–H groups in total. The first-order valence-corrected chi connectivity index (χ1v) is 6.25. The van der Waals surface area contributed by atoms with Crippen LogP contribution in [-0.2, 0) is 19.7 Å². The molecule has 0 bridgehead atoms. The van der Waals surface area contributed by atoms with Crippen molar-refractivity contribution >= 4 is 17.3 Å². The molecular formula is C12H16O3S. The van der Waals surface area contributed by atoms with Gasteiger partial charge in [0, 0.05) is 10.8 Å². The molecule has 2 rings (SSSR count). The molecule has 0 spiro atoms. The van der Waals surface area contributed by atoms with Crippen LogP contribution in [0.2, 0.25) is 0 Å². The summed E-state index contributed by atoms with van der Waals surface area (Å²) in [6.07, 6.45) is 0.806. The summed E-state index contributed by atoms with van der Waals surface area (Å²) < 4.78 is 10.1. The van der Waals surface area contributed by atoms with Gasteiger partial charge in [-0.05, 0) is 24.8 Å². The lowest BCUT2D eigenvalue weighted by molar-refractivity contribution is -0.149. The first-order chi connectivity index (χ1) is 7.66. The van der Waals surface area contributed by atoms with E-state index in [0.717, 1.165) is 24.5 Å². The van der Waals surface area contributed by atoms with Crippen LogP contribution in [-0.4, -0.2) is 26.3 Å². The highest BCUT2D eigenvalue weighted by atomic mass is 32.1. The summed E-state index contributed by atoms with van der Waals surface area (Å²) in [5.74, 6) is 0.327. The summed E-state index contributed by atoms with van der Waals surface area (Å²) in [5.41, 5.74) is -0.517. The van der Waals surface area contributed by atoms with Crippen LogP contribution in [0.5, 0.6) is 0 Å². The minimum absolute atomic E-state index is 0.151. The van der Waals surface area contributed by atoms with Crippen molar-refractivity contribution < 1.29 is 14.3 Å². The molecular weight excluding hydrogens is 224 g/mol. The molecule has 0 aliphatic carbocycles. The zero-order valence-electron chi connectivity index (χ0n) is 9.56. The average molecular weight is 240 g/mol. The third-order valence-corrected chi connectivity index (χ3v) is 4.24. The number of rotatable bonds is 4. The Morgan fingerprint density at radius 3 is 2.88 bits per heavy atom. The van der Waals surface area contributed by atoms with Crippen molar-refractivity contribution in [1.29, 1.82) is 0 Å². The fraction of sp³-hybridized carbons (Fsp3) is 0.583. The minimum atomic E-state index is -0.517. The maximum atomic E-state index is 12.0. The number of hydrogen-bond donors (Lipinski definition) is 0. The Balaban J connectivity index is 2.20. The van der Waals surface area contributed by atoms with Crippen molar-refractivity contribution in [2.24, 2.45) is 5.92 Å². The summed E-state index contributed by atoms with van der Waals surface area (Å²) in [7, 11) is 1.45. The fourth-order valence-corrected chi connectivity index (χ4v) is 2.97. The third-order valence-electron chi connectivity index (χ3n) is 3.10. The van der Waals surface area contributed by atoms with Gasteiger partial charge in [0.25, 0.3) is 0 Å². The van der Waals surface area contributed by atoms with Gasteiger partial charge in [-0.25, -0.2) is 0 Å². The maximum Gasteiger partial charge on any atom is 0.316 e. The average Bonchev–Trinajstić information content (AvgIpc) is 2.75. The molecule has 0 radical (unpaired) electrons. The molecule has 1 atom stereocenters. The summed E-state index contributed by atoms with van der Waals surface area (Å²) in [6, 6.07) is 3.97. The van der Waals surface area contributed by atoms with Crippen molar-refractivity contribution in [2.45, 2.75) is 18.8 Å². The quantitative estimate of drug-likeness (QED) is 0.757. The van der Waals surface area contributed by atoms with Crippen LogP contribution in [0, 0.1) is 5.92 Å². The smallest absolute Gasteiger partial charge is 0.316 e. The van der Waals surface area contributed by atoms with Gasteiger partial charge < -0.3 is 9.47 Å². The molecule has 2 heterocycles. The second kappa shape index (κ2) is 4.55. The molecule has 1 unspecified atom stereocenters. The fourth-order valence-electron chi connectivity index (χ4n) is 2.08. The highest BCUT2D eigenvalue weighted by Gasteiger charge is 2.41. The van der Waals surface area contributed by atoms with Gasteiger partial charge in [0.2, 0.25) is 0 Å². The van der Waals surface area contributed by atoms with Gasteiger partial charge >= 0.3 is 5.97 Å². The SMILES string of the molecule is COC(=O)C(C)(CC1COC1)c1cccs1. The number of hydrogen-bond acceptors (Lipinski definition) is 4. The summed E-state index contributed by atoms with van der Waals surface area (Å²) in [5, 5.41) is 1.99. The molecule has 16 heavy (non-hydrogen) atoms.